The van der Waals surface area contributed by atoms with E-state index in [1.807, 2.05) is 48.5 Å². The molecule has 0 N–H and O–H groups in total. The fourth-order valence-corrected chi connectivity index (χ4v) is 2.12. The van der Waals surface area contributed by atoms with Gasteiger partial charge in [0.1, 0.15) is 0 Å². The molecular weight excluding hydrogens is 287 g/mol. The molecule has 0 unspecified atom stereocenters. The Bertz CT molecular complexity index is 581. The molecule has 0 aliphatic heterocycles. The van der Waals surface area contributed by atoms with Crippen LogP contribution < -0.4 is 0 Å². The smallest absolute Gasteiger partial charge is 0.0406 e. The van der Waals surface area contributed by atoms with E-state index in [0.717, 1.165) is 26.7 Å². The van der Waals surface area contributed by atoms with E-state index >= 15 is 0 Å². The van der Waals surface area contributed by atoms with E-state index in [1.54, 1.807) is 0 Å². The second-order valence-corrected chi connectivity index (χ2v) is 5.71. The molecule has 0 spiro atoms. The fourth-order valence-electron chi connectivity index (χ4n) is 1.87. The molecule has 2 heteroatoms. The Balaban J connectivity index is 2.50. The van der Waals surface area contributed by atoms with Crippen molar-refractivity contribution in [1.82, 2.24) is 0 Å². The van der Waals surface area contributed by atoms with Crippen LogP contribution in [-0.2, 0) is 0 Å². The molecule has 0 heterocycles. The van der Waals surface area contributed by atoms with Crippen LogP contribution >= 0.6 is 23.2 Å². The molecule has 20 heavy (non-hydrogen) atoms. The summed E-state index contributed by atoms with van der Waals surface area (Å²) in [6.45, 7) is 4.16. The van der Waals surface area contributed by atoms with Gasteiger partial charge >= 0.3 is 0 Å². The zero-order valence-electron chi connectivity index (χ0n) is 11.5. The molecule has 102 valence electrons. The first kappa shape index (κ1) is 14.9. The number of hydrogen-bond donors (Lipinski definition) is 0. The summed E-state index contributed by atoms with van der Waals surface area (Å²) in [6, 6.07) is 15.7. The molecule has 0 bridgehead atoms. The molecule has 0 saturated carbocycles. The lowest BCUT2D eigenvalue weighted by Gasteiger charge is -2.08. The van der Waals surface area contributed by atoms with Crippen LogP contribution in [0.2, 0.25) is 10.0 Å². The summed E-state index contributed by atoms with van der Waals surface area (Å²) in [5, 5.41) is 1.48. The lowest BCUT2D eigenvalue weighted by molar-refractivity contribution is 1.39. The second-order valence-electron chi connectivity index (χ2n) is 4.84. The molecule has 0 atom stereocenters. The fraction of sp³-hybridized carbons (Fsp3) is 0.111. The summed E-state index contributed by atoms with van der Waals surface area (Å²) in [6.07, 6.45) is 4.24. The highest BCUT2D eigenvalue weighted by Crippen LogP contribution is 2.26. The Kier molecular flexibility index (Phi) is 5.05. The number of rotatable bonds is 3. The zero-order chi connectivity index (χ0) is 14.5. The van der Waals surface area contributed by atoms with Gasteiger partial charge in [-0.25, -0.2) is 0 Å². The van der Waals surface area contributed by atoms with Crippen molar-refractivity contribution in [3.05, 3.63) is 87.4 Å². The summed E-state index contributed by atoms with van der Waals surface area (Å²) >= 11 is 11.9. The van der Waals surface area contributed by atoms with Crippen LogP contribution in [0, 0.1) is 0 Å². The minimum Gasteiger partial charge on any atom is -0.0843 e. The van der Waals surface area contributed by atoms with Gasteiger partial charge in [0.2, 0.25) is 0 Å². The van der Waals surface area contributed by atoms with Gasteiger partial charge in [-0.05, 0) is 54.8 Å². The van der Waals surface area contributed by atoms with E-state index in [9.17, 15) is 0 Å². The van der Waals surface area contributed by atoms with E-state index in [0.29, 0.717) is 0 Å². The topological polar surface area (TPSA) is 0 Å². The van der Waals surface area contributed by atoms with Gasteiger partial charge in [-0.3, -0.25) is 0 Å². The van der Waals surface area contributed by atoms with Gasteiger partial charge in [-0.2, -0.15) is 0 Å². The minimum atomic E-state index is 0.742. The molecule has 0 radical (unpaired) electrons. The van der Waals surface area contributed by atoms with Crippen LogP contribution in [0.1, 0.15) is 25.0 Å². The Morgan fingerprint density at radius 3 is 1.45 bits per heavy atom. The van der Waals surface area contributed by atoms with Crippen molar-refractivity contribution in [2.75, 3.05) is 0 Å². The first-order valence-corrected chi connectivity index (χ1v) is 7.19. The van der Waals surface area contributed by atoms with E-state index in [2.05, 4.69) is 26.0 Å². The SMILES string of the molecule is CC(C)=CC=C(c1ccc(Cl)cc1)c1ccc(Cl)cc1. The van der Waals surface area contributed by atoms with Crippen LogP contribution in [0.3, 0.4) is 0 Å². The number of hydrogen-bond acceptors (Lipinski definition) is 0. The molecular formula is C18H16Cl2. The maximum Gasteiger partial charge on any atom is 0.0406 e. The molecule has 0 amide bonds. The number of allylic oxidation sites excluding steroid dienone is 3. The standard InChI is InChI=1S/C18H16Cl2/c1-13(2)3-12-18(14-4-8-16(19)9-5-14)15-6-10-17(20)11-7-15/h3-12H,1-2H3. The third-order valence-corrected chi connectivity index (χ3v) is 3.40. The summed E-state index contributed by atoms with van der Waals surface area (Å²) < 4.78 is 0. The van der Waals surface area contributed by atoms with E-state index in [4.69, 9.17) is 23.2 Å². The molecule has 2 aromatic carbocycles. The second kappa shape index (κ2) is 6.78. The van der Waals surface area contributed by atoms with Gasteiger partial charge < -0.3 is 0 Å². The minimum absolute atomic E-state index is 0.742. The Morgan fingerprint density at radius 1 is 0.700 bits per heavy atom. The van der Waals surface area contributed by atoms with Crippen LogP contribution in [0.4, 0.5) is 0 Å². The molecule has 0 saturated heterocycles. The van der Waals surface area contributed by atoms with Crippen LogP contribution in [0.5, 0.6) is 0 Å². The van der Waals surface area contributed by atoms with Crippen LogP contribution in [0.25, 0.3) is 5.57 Å². The van der Waals surface area contributed by atoms with Crippen LogP contribution in [-0.4, -0.2) is 0 Å². The average molecular weight is 303 g/mol. The van der Waals surface area contributed by atoms with E-state index in [-0.39, 0.29) is 0 Å². The highest BCUT2D eigenvalue weighted by atomic mass is 35.5. The monoisotopic (exact) mass is 302 g/mol. The molecule has 0 aliphatic carbocycles. The highest BCUT2D eigenvalue weighted by molar-refractivity contribution is 6.31. The van der Waals surface area contributed by atoms with Gasteiger partial charge in [0, 0.05) is 10.0 Å². The lowest BCUT2D eigenvalue weighted by atomic mass is 9.97. The van der Waals surface area contributed by atoms with Crippen molar-refractivity contribution < 1.29 is 0 Å². The maximum absolute atomic E-state index is 5.96. The van der Waals surface area contributed by atoms with E-state index in [1.165, 1.54) is 5.57 Å². The van der Waals surface area contributed by atoms with Gasteiger partial charge in [0.25, 0.3) is 0 Å². The number of halogens is 2. The van der Waals surface area contributed by atoms with Crippen molar-refractivity contribution in [1.29, 1.82) is 0 Å². The maximum atomic E-state index is 5.96. The third-order valence-electron chi connectivity index (χ3n) is 2.89. The number of benzene rings is 2. The molecule has 0 aliphatic rings. The van der Waals surface area contributed by atoms with Crippen LogP contribution in [0.15, 0.2) is 66.3 Å². The predicted molar refractivity (Wildman–Crippen MR) is 89.4 cm³/mol. The quantitative estimate of drug-likeness (QED) is 0.576. The first-order valence-electron chi connectivity index (χ1n) is 6.43. The summed E-state index contributed by atoms with van der Waals surface area (Å²) in [5.41, 5.74) is 4.67. The zero-order valence-corrected chi connectivity index (χ0v) is 13.0. The van der Waals surface area contributed by atoms with Gasteiger partial charge in [0.05, 0.1) is 0 Å². The van der Waals surface area contributed by atoms with Crippen molar-refractivity contribution in [2.45, 2.75) is 13.8 Å². The van der Waals surface area contributed by atoms with Crippen molar-refractivity contribution in [3.8, 4) is 0 Å². The first-order chi connectivity index (χ1) is 9.56. The van der Waals surface area contributed by atoms with Gasteiger partial charge in [-0.15, -0.1) is 0 Å². The highest BCUT2D eigenvalue weighted by Gasteiger charge is 2.04. The molecule has 0 aromatic heterocycles. The van der Waals surface area contributed by atoms with E-state index < -0.39 is 0 Å². The summed E-state index contributed by atoms with van der Waals surface area (Å²) in [4.78, 5) is 0. The van der Waals surface area contributed by atoms with Crippen molar-refractivity contribution >= 4 is 28.8 Å². The van der Waals surface area contributed by atoms with Gasteiger partial charge in [0.15, 0.2) is 0 Å². The molecule has 0 nitrogen and oxygen atoms in total. The van der Waals surface area contributed by atoms with Crippen molar-refractivity contribution in [2.24, 2.45) is 0 Å². The molecule has 0 fully saturated rings. The molecule has 2 rings (SSSR count). The summed E-state index contributed by atoms with van der Waals surface area (Å²) in [5.74, 6) is 0. The average Bonchev–Trinajstić information content (AvgIpc) is 2.42. The third kappa shape index (κ3) is 4.00. The van der Waals surface area contributed by atoms with Crippen molar-refractivity contribution in [3.63, 3.8) is 0 Å². The summed E-state index contributed by atoms with van der Waals surface area (Å²) in [7, 11) is 0. The lowest BCUT2D eigenvalue weighted by Crippen LogP contribution is -1.87. The largest absolute Gasteiger partial charge is 0.0843 e. The Hall–Kier alpha value is -1.50. The van der Waals surface area contributed by atoms with Gasteiger partial charge in [-0.1, -0.05) is 65.2 Å². The Morgan fingerprint density at radius 2 is 1.10 bits per heavy atom. The normalized spacial score (nSPS) is 10.0. The Labute approximate surface area is 130 Å². The predicted octanol–water partition coefficient (Wildman–Crippen LogP) is 6.39. The molecule has 2 aromatic rings.